The van der Waals surface area contributed by atoms with Crippen LogP contribution < -0.4 is 5.73 Å². The second-order valence-electron chi connectivity index (χ2n) is 3.97. The van der Waals surface area contributed by atoms with Crippen LogP contribution in [-0.2, 0) is 0 Å². The summed E-state index contributed by atoms with van der Waals surface area (Å²) in [5, 5.41) is 0.258. The topological polar surface area (TPSA) is 43.1 Å². The van der Waals surface area contributed by atoms with E-state index in [1.54, 1.807) is 25.1 Å². The van der Waals surface area contributed by atoms with Crippen LogP contribution in [0.1, 0.15) is 21.5 Å². The van der Waals surface area contributed by atoms with Gasteiger partial charge in [0.05, 0.1) is 5.56 Å². The van der Waals surface area contributed by atoms with E-state index in [0.717, 1.165) is 6.07 Å². The van der Waals surface area contributed by atoms with Crippen LogP contribution in [0, 0.1) is 12.7 Å². The first-order valence-electron chi connectivity index (χ1n) is 5.35. The largest absolute Gasteiger partial charge is 0.398 e. The van der Waals surface area contributed by atoms with Crippen LogP contribution in [0.25, 0.3) is 0 Å². The van der Waals surface area contributed by atoms with E-state index in [4.69, 9.17) is 17.3 Å². The Morgan fingerprint density at radius 1 is 1.22 bits per heavy atom. The maximum absolute atomic E-state index is 13.7. The van der Waals surface area contributed by atoms with Crippen molar-refractivity contribution >= 4 is 23.1 Å². The van der Waals surface area contributed by atoms with Gasteiger partial charge in [0.1, 0.15) is 5.82 Å². The predicted octanol–water partition coefficient (Wildman–Crippen LogP) is 3.60. The molecule has 2 nitrogen and oxygen atoms in total. The van der Waals surface area contributed by atoms with E-state index in [1.165, 1.54) is 12.1 Å². The quantitative estimate of drug-likeness (QED) is 0.664. The van der Waals surface area contributed by atoms with E-state index >= 15 is 0 Å². The highest BCUT2D eigenvalue weighted by Gasteiger charge is 2.16. The van der Waals surface area contributed by atoms with Crippen molar-refractivity contribution in [3.8, 4) is 0 Å². The third-order valence-corrected chi connectivity index (χ3v) is 3.03. The maximum atomic E-state index is 13.7. The summed E-state index contributed by atoms with van der Waals surface area (Å²) in [6.45, 7) is 1.73. The van der Waals surface area contributed by atoms with Crippen molar-refractivity contribution in [1.29, 1.82) is 0 Å². The van der Waals surface area contributed by atoms with Crippen LogP contribution in [0.3, 0.4) is 0 Å². The summed E-state index contributed by atoms with van der Waals surface area (Å²) in [7, 11) is 0. The number of hydrogen-bond donors (Lipinski definition) is 1. The number of carbonyl (C=O) groups is 1. The molecule has 0 aliphatic rings. The minimum absolute atomic E-state index is 0.00639. The van der Waals surface area contributed by atoms with Crippen LogP contribution in [0.4, 0.5) is 10.1 Å². The molecule has 0 saturated carbocycles. The summed E-state index contributed by atoms with van der Waals surface area (Å²) in [5.41, 5.74) is 7.28. The molecule has 2 rings (SSSR count). The highest BCUT2D eigenvalue weighted by Crippen LogP contribution is 2.22. The zero-order valence-corrected chi connectivity index (χ0v) is 10.5. The average Bonchev–Trinajstić information content (AvgIpc) is 2.32. The van der Waals surface area contributed by atoms with Gasteiger partial charge in [0.25, 0.3) is 0 Å². The van der Waals surface area contributed by atoms with Gasteiger partial charge in [0.2, 0.25) is 0 Å². The van der Waals surface area contributed by atoms with Crippen LogP contribution in [0.5, 0.6) is 0 Å². The molecule has 0 aromatic heterocycles. The SMILES string of the molecule is Cc1c(N)cccc1C(=O)c1ccc(Cl)cc1F. The number of nitrogens with two attached hydrogens (primary N) is 1. The highest BCUT2D eigenvalue weighted by molar-refractivity contribution is 6.30. The third-order valence-electron chi connectivity index (χ3n) is 2.80. The molecule has 0 fully saturated rings. The number of rotatable bonds is 2. The van der Waals surface area contributed by atoms with E-state index < -0.39 is 11.6 Å². The molecule has 0 aliphatic carbocycles. The standard InChI is InChI=1S/C14H11ClFNO/c1-8-10(3-2-4-13(8)17)14(18)11-6-5-9(15)7-12(11)16/h2-7H,17H2,1H3. The van der Waals surface area contributed by atoms with Gasteiger partial charge < -0.3 is 5.73 Å². The Morgan fingerprint density at radius 2 is 1.94 bits per heavy atom. The van der Waals surface area contributed by atoms with Gasteiger partial charge in [-0.3, -0.25) is 4.79 Å². The second-order valence-corrected chi connectivity index (χ2v) is 4.41. The van der Waals surface area contributed by atoms with Crippen LogP contribution >= 0.6 is 11.6 Å². The molecule has 0 radical (unpaired) electrons. The molecule has 0 aliphatic heterocycles. The molecule has 0 amide bonds. The van der Waals surface area contributed by atoms with Gasteiger partial charge >= 0.3 is 0 Å². The lowest BCUT2D eigenvalue weighted by molar-refractivity contribution is 0.103. The molecule has 0 atom stereocenters. The molecule has 0 unspecified atom stereocenters. The summed E-state index contributed by atoms with van der Waals surface area (Å²) in [6, 6.07) is 8.98. The van der Waals surface area contributed by atoms with Crippen LogP contribution in [0.2, 0.25) is 5.02 Å². The van der Waals surface area contributed by atoms with E-state index in [-0.39, 0.29) is 10.6 Å². The second kappa shape index (κ2) is 4.78. The molecule has 2 N–H and O–H groups in total. The van der Waals surface area contributed by atoms with Crippen molar-refractivity contribution in [2.75, 3.05) is 5.73 Å². The summed E-state index contributed by atoms with van der Waals surface area (Å²) >= 11 is 5.65. The Hall–Kier alpha value is -1.87. The maximum Gasteiger partial charge on any atom is 0.196 e. The fraction of sp³-hybridized carbons (Fsp3) is 0.0714. The smallest absolute Gasteiger partial charge is 0.196 e. The van der Waals surface area contributed by atoms with Gasteiger partial charge in [-0.25, -0.2) is 4.39 Å². The van der Waals surface area contributed by atoms with Crippen molar-refractivity contribution in [2.24, 2.45) is 0 Å². The average molecular weight is 264 g/mol. The first-order chi connectivity index (χ1) is 8.50. The zero-order chi connectivity index (χ0) is 13.3. The number of hydrogen-bond acceptors (Lipinski definition) is 2. The summed E-state index contributed by atoms with van der Waals surface area (Å²) in [5.74, 6) is -1.02. The number of ketones is 1. The molecule has 0 heterocycles. The number of halogens is 2. The Morgan fingerprint density at radius 3 is 2.61 bits per heavy atom. The number of nitrogen functional groups attached to an aromatic ring is 1. The lowest BCUT2D eigenvalue weighted by Crippen LogP contribution is -2.07. The van der Waals surface area contributed by atoms with Crippen molar-refractivity contribution in [3.63, 3.8) is 0 Å². The first kappa shape index (κ1) is 12.6. The summed E-state index contributed by atoms with van der Waals surface area (Å²) < 4.78 is 13.7. The lowest BCUT2D eigenvalue weighted by Gasteiger charge is -2.08. The Bertz CT molecular complexity index is 625. The summed E-state index contributed by atoms with van der Waals surface area (Å²) in [4.78, 5) is 12.2. The highest BCUT2D eigenvalue weighted by atomic mass is 35.5. The number of benzene rings is 2. The van der Waals surface area contributed by atoms with Crippen LogP contribution in [-0.4, -0.2) is 5.78 Å². The fourth-order valence-corrected chi connectivity index (χ4v) is 1.88. The Labute approximate surface area is 109 Å². The molecular weight excluding hydrogens is 253 g/mol. The molecule has 92 valence electrons. The van der Waals surface area contributed by atoms with Crippen molar-refractivity contribution in [1.82, 2.24) is 0 Å². The monoisotopic (exact) mass is 263 g/mol. The van der Waals surface area contributed by atoms with Gasteiger partial charge in [-0.1, -0.05) is 23.7 Å². The van der Waals surface area contributed by atoms with Crippen molar-refractivity contribution in [2.45, 2.75) is 6.92 Å². The van der Waals surface area contributed by atoms with Gasteiger partial charge in [-0.15, -0.1) is 0 Å². The minimum atomic E-state index is -0.630. The molecule has 0 saturated heterocycles. The molecule has 0 spiro atoms. The fourth-order valence-electron chi connectivity index (χ4n) is 1.72. The lowest BCUT2D eigenvalue weighted by atomic mass is 9.98. The summed E-state index contributed by atoms with van der Waals surface area (Å²) in [6.07, 6.45) is 0. The minimum Gasteiger partial charge on any atom is -0.398 e. The molecule has 2 aromatic rings. The third kappa shape index (κ3) is 2.22. The molecule has 0 bridgehead atoms. The zero-order valence-electron chi connectivity index (χ0n) is 9.71. The van der Waals surface area contributed by atoms with Crippen molar-refractivity contribution < 1.29 is 9.18 Å². The van der Waals surface area contributed by atoms with Gasteiger partial charge in [-0.2, -0.15) is 0 Å². The predicted molar refractivity (Wildman–Crippen MR) is 70.4 cm³/mol. The molecular formula is C14H11ClFNO. The Balaban J connectivity index is 2.51. The van der Waals surface area contributed by atoms with E-state index in [9.17, 15) is 9.18 Å². The van der Waals surface area contributed by atoms with E-state index in [2.05, 4.69) is 0 Å². The first-order valence-corrected chi connectivity index (χ1v) is 5.73. The normalized spacial score (nSPS) is 10.4. The van der Waals surface area contributed by atoms with Crippen molar-refractivity contribution in [3.05, 3.63) is 63.9 Å². The number of carbonyl (C=O) groups excluding carboxylic acids is 1. The van der Waals surface area contributed by atoms with E-state index in [1.807, 2.05) is 0 Å². The van der Waals surface area contributed by atoms with Gasteiger partial charge in [0.15, 0.2) is 5.78 Å². The van der Waals surface area contributed by atoms with E-state index in [0.29, 0.717) is 16.8 Å². The Kier molecular flexibility index (Phi) is 3.34. The molecule has 2 aromatic carbocycles. The molecule has 18 heavy (non-hydrogen) atoms. The van der Waals surface area contributed by atoms with Gasteiger partial charge in [0, 0.05) is 16.3 Å². The number of anilines is 1. The molecule has 4 heteroatoms. The van der Waals surface area contributed by atoms with Crippen LogP contribution in [0.15, 0.2) is 36.4 Å². The van der Waals surface area contributed by atoms with Gasteiger partial charge in [-0.05, 0) is 36.8 Å².